The lowest BCUT2D eigenvalue weighted by Gasteiger charge is -2.20. The van der Waals surface area contributed by atoms with Gasteiger partial charge in [-0.15, -0.1) is 0 Å². The predicted molar refractivity (Wildman–Crippen MR) is 57.9 cm³/mol. The fourth-order valence-electron chi connectivity index (χ4n) is 1.77. The minimum atomic E-state index is -2.91. The molecule has 7 heteroatoms. The van der Waals surface area contributed by atoms with Gasteiger partial charge in [-0.3, -0.25) is 0 Å². The first-order valence-corrected chi connectivity index (χ1v) is 6.82. The lowest BCUT2D eigenvalue weighted by molar-refractivity contribution is 0.276. The van der Waals surface area contributed by atoms with E-state index in [1.165, 1.54) is 6.26 Å². The summed E-state index contributed by atoms with van der Waals surface area (Å²) in [7, 11) is -1.16. The minimum absolute atomic E-state index is 0.0878. The molecule has 1 saturated heterocycles. The highest BCUT2D eigenvalue weighted by Gasteiger charge is 2.32. The number of oxazole rings is 1. The summed E-state index contributed by atoms with van der Waals surface area (Å²) in [6, 6.07) is 0.265. The lowest BCUT2D eigenvalue weighted by atomic mass is 10.2. The molecule has 16 heavy (non-hydrogen) atoms. The molecule has 0 aromatic carbocycles. The second-order valence-electron chi connectivity index (χ2n) is 3.95. The van der Waals surface area contributed by atoms with Crippen LogP contribution in [0, 0.1) is 0 Å². The Kier molecular flexibility index (Phi) is 2.90. The molecule has 2 rings (SSSR count). The van der Waals surface area contributed by atoms with E-state index < -0.39 is 9.84 Å². The Balaban J connectivity index is 2.11. The number of aliphatic hydroxyl groups excluding tert-OH is 1. The van der Waals surface area contributed by atoms with Crippen LogP contribution < -0.4 is 4.90 Å². The first-order chi connectivity index (χ1) is 7.52. The van der Waals surface area contributed by atoms with Gasteiger partial charge in [-0.1, -0.05) is 0 Å². The summed E-state index contributed by atoms with van der Waals surface area (Å²) in [5.74, 6) is 0.357. The van der Waals surface area contributed by atoms with Gasteiger partial charge in [0.1, 0.15) is 12.0 Å². The van der Waals surface area contributed by atoms with Gasteiger partial charge in [0, 0.05) is 13.1 Å². The van der Waals surface area contributed by atoms with Crippen molar-refractivity contribution in [1.29, 1.82) is 0 Å². The highest BCUT2D eigenvalue weighted by molar-refractivity contribution is 7.91. The lowest BCUT2D eigenvalue weighted by Crippen LogP contribution is -2.32. The van der Waals surface area contributed by atoms with Crippen LogP contribution in [0.2, 0.25) is 0 Å². The molecular weight excluding hydrogens is 232 g/mol. The molecule has 1 aromatic heterocycles. The average molecular weight is 246 g/mol. The van der Waals surface area contributed by atoms with Crippen LogP contribution in [0.15, 0.2) is 10.7 Å². The molecule has 0 amide bonds. The van der Waals surface area contributed by atoms with Crippen LogP contribution in [0.5, 0.6) is 0 Å². The van der Waals surface area contributed by atoms with Crippen LogP contribution in [-0.4, -0.2) is 43.1 Å². The molecule has 0 saturated carbocycles. The van der Waals surface area contributed by atoms with Gasteiger partial charge in [0.15, 0.2) is 9.84 Å². The molecular formula is C9H14N2O4S. The summed E-state index contributed by atoms with van der Waals surface area (Å²) in [6.45, 7) is -0.180. The molecule has 1 atom stereocenters. The predicted octanol–water partition coefficient (Wildman–Crippen LogP) is -0.210. The molecule has 0 bridgehead atoms. The van der Waals surface area contributed by atoms with Crippen molar-refractivity contribution in [1.82, 2.24) is 4.98 Å². The van der Waals surface area contributed by atoms with Gasteiger partial charge < -0.3 is 14.4 Å². The number of sulfone groups is 1. The van der Waals surface area contributed by atoms with E-state index in [4.69, 9.17) is 9.52 Å². The summed E-state index contributed by atoms with van der Waals surface area (Å²) < 4.78 is 27.8. The third-order valence-electron chi connectivity index (χ3n) is 2.76. The Bertz CT molecular complexity index is 468. The SMILES string of the molecule is CN(c1nc(CO)co1)C1CCS(=O)(=O)C1. The average Bonchev–Trinajstić information content (AvgIpc) is 2.83. The maximum absolute atomic E-state index is 11.3. The van der Waals surface area contributed by atoms with Crippen LogP contribution in [0.1, 0.15) is 12.1 Å². The van der Waals surface area contributed by atoms with Gasteiger partial charge in [-0.25, -0.2) is 8.42 Å². The monoisotopic (exact) mass is 246 g/mol. The smallest absolute Gasteiger partial charge is 0.297 e. The molecule has 1 aliphatic rings. The number of hydrogen-bond donors (Lipinski definition) is 1. The third kappa shape index (κ3) is 2.19. The third-order valence-corrected chi connectivity index (χ3v) is 4.51. The van der Waals surface area contributed by atoms with E-state index in [2.05, 4.69) is 4.98 Å². The number of nitrogens with zero attached hydrogens (tertiary/aromatic N) is 2. The summed E-state index contributed by atoms with van der Waals surface area (Å²) in [4.78, 5) is 5.75. The summed E-state index contributed by atoms with van der Waals surface area (Å²) >= 11 is 0. The Morgan fingerprint density at radius 2 is 2.44 bits per heavy atom. The number of aromatic nitrogens is 1. The molecule has 2 heterocycles. The van der Waals surface area contributed by atoms with Crippen molar-refractivity contribution in [3.8, 4) is 0 Å². The zero-order valence-corrected chi connectivity index (χ0v) is 9.77. The summed E-state index contributed by atoms with van der Waals surface area (Å²) in [5, 5.41) is 8.84. The maximum atomic E-state index is 11.3. The van der Waals surface area contributed by atoms with Crippen LogP contribution in [0.4, 0.5) is 6.01 Å². The van der Waals surface area contributed by atoms with Gasteiger partial charge in [0.25, 0.3) is 6.01 Å². The van der Waals surface area contributed by atoms with E-state index in [0.29, 0.717) is 18.1 Å². The Morgan fingerprint density at radius 1 is 1.69 bits per heavy atom. The minimum Gasteiger partial charge on any atom is -0.432 e. The van der Waals surface area contributed by atoms with Crippen molar-refractivity contribution in [3.63, 3.8) is 0 Å². The van der Waals surface area contributed by atoms with Crippen molar-refractivity contribution in [2.75, 3.05) is 23.5 Å². The van der Waals surface area contributed by atoms with Crippen molar-refractivity contribution >= 4 is 15.9 Å². The molecule has 1 fully saturated rings. The van der Waals surface area contributed by atoms with E-state index in [0.717, 1.165) is 0 Å². The maximum Gasteiger partial charge on any atom is 0.297 e. The number of aliphatic hydroxyl groups is 1. The molecule has 1 aliphatic heterocycles. The van der Waals surface area contributed by atoms with E-state index in [-0.39, 0.29) is 24.2 Å². The highest BCUT2D eigenvalue weighted by atomic mass is 32.2. The van der Waals surface area contributed by atoms with E-state index in [1.54, 1.807) is 11.9 Å². The van der Waals surface area contributed by atoms with Crippen molar-refractivity contribution in [2.45, 2.75) is 19.1 Å². The van der Waals surface area contributed by atoms with Crippen molar-refractivity contribution < 1.29 is 17.9 Å². The van der Waals surface area contributed by atoms with E-state index in [1.807, 2.05) is 0 Å². The Morgan fingerprint density at radius 3 is 2.94 bits per heavy atom. The van der Waals surface area contributed by atoms with Gasteiger partial charge in [0.2, 0.25) is 0 Å². The first kappa shape index (κ1) is 11.4. The zero-order chi connectivity index (χ0) is 11.8. The number of anilines is 1. The topological polar surface area (TPSA) is 83.6 Å². The summed E-state index contributed by atoms with van der Waals surface area (Å²) in [6.07, 6.45) is 1.96. The van der Waals surface area contributed by atoms with E-state index in [9.17, 15) is 8.42 Å². The van der Waals surface area contributed by atoms with Crippen LogP contribution in [0.25, 0.3) is 0 Å². The Labute approximate surface area is 93.8 Å². The fraction of sp³-hybridized carbons (Fsp3) is 0.667. The Hall–Kier alpha value is -1.08. The van der Waals surface area contributed by atoms with Gasteiger partial charge in [-0.2, -0.15) is 4.98 Å². The molecule has 90 valence electrons. The van der Waals surface area contributed by atoms with Gasteiger partial charge in [0.05, 0.1) is 18.1 Å². The van der Waals surface area contributed by atoms with E-state index >= 15 is 0 Å². The van der Waals surface area contributed by atoms with Gasteiger partial charge >= 0.3 is 0 Å². The van der Waals surface area contributed by atoms with Crippen molar-refractivity contribution in [2.24, 2.45) is 0 Å². The fourth-order valence-corrected chi connectivity index (χ4v) is 3.54. The molecule has 0 radical (unpaired) electrons. The van der Waals surface area contributed by atoms with Crippen LogP contribution >= 0.6 is 0 Å². The first-order valence-electron chi connectivity index (χ1n) is 5.00. The molecule has 1 aromatic rings. The highest BCUT2D eigenvalue weighted by Crippen LogP contribution is 2.22. The quantitative estimate of drug-likeness (QED) is 0.794. The largest absolute Gasteiger partial charge is 0.432 e. The number of rotatable bonds is 3. The normalized spacial score (nSPS) is 23.5. The standard InChI is InChI=1S/C9H14N2O4S/c1-11(8-2-3-16(13,14)6-8)9-10-7(4-12)5-15-9/h5,8,12H,2-4,6H2,1H3. The second-order valence-corrected chi connectivity index (χ2v) is 6.18. The summed E-state index contributed by atoms with van der Waals surface area (Å²) in [5.41, 5.74) is 0.447. The van der Waals surface area contributed by atoms with Crippen LogP contribution in [-0.2, 0) is 16.4 Å². The molecule has 0 aliphatic carbocycles. The second kappa shape index (κ2) is 4.06. The molecule has 6 nitrogen and oxygen atoms in total. The van der Waals surface area contributed by atoms with Crippen LogP contribution in [0.3, 0.4) is 0 Å². The van der Waals surface area contributed by atoms with Crippen molar-refractivity contribution in [3.05, 3.63) is 12.0 Å². The molecule has 0 spiro atoms. The molecule has 1 unspecified atom stereocenters. The molecule has 1 N–H and O–H groups in total. The number of hydrogen-bond acceptors (Lipinski definition) is 6. The van der Waals surface area contributed by atoms with Gasteiger partial charge in [-0.05, 0) is 6.42 Å². The zero-order valence-electron chi connectivity index (χ0n) is 8.96.